The number of hydrogen-bond acceptors (Lipinski definition) is 4. The van der Waals surface area contributed by atoms with Crippen LogP contribution in [0, 0.1) is 0 Å². The Morgan fingerprint density at radius 3 is 2.67 bits per heavy atom. The van der Waals surface area contributed by atoms with E-state index < -0.39 is 0 Å². The van der Waals surface area contributed by atoms with Crippen molar-refractivity contribution in [2.75, 3.05) is 32.8 Å². The monoisotopic (exact) mass is 395 g/mol. The molecule has 0 saturated carbocycles. The maximum Gasteiger partial charge on any atom is 0.237 e. The highest BCUT2D eigenvalue weighted by atomic mass is 79.9. The van der Waals surface area contributed by atoms with Crippen molar-refractivity contribution in [2.45, 2.75) is 37.8 Å². The zero-order chi connectivity index (χ0) is 16.8. The van der Waals surface area contributed by atoms with Crippen molar-refractivity contribution in [1.29, 1.82) is 0 Å². The average Bonchev–Trinajstić information content (AvgIpc) is 3.13. The van der Waals surface area contributed by atoms with E-state index in [0.717, 1.165) is 62.1 Å². The second kappa shape index (κ2) is 8.83. The highest BCUT2D eigenvalue weighted by Gasteiger charge is 2.26. The Balaban J connectivity index is 1.31. The highest BCUT2D eigenvalue weighted by Crippen LogP contribution is 2.16. The fraction of sp³-hybridized carbons (Fsp3) is 0.611. The molecule has 0 radical (unpaired) electrons. The number of rotatable bonds is 6. The summed E-state index contributed by atoms with van der Waals surface area (Å²) >= 11 is 3.42. The fourth-order valence-electron chi connectivity index (χ4n) is 3.33. The van der Waals surface area contributed by atoms with Gasteiger partial charge < -0.3 is 15.4 Å². The molecule has 3 rings (SSSR count). The van der Waals surface area contributed by atoms with Crippen LogP contribution in [0.4, 0.5) is 0 Å². The third-order valence-electron chi connectivity index (χ3n) is 4.80. The Hall–Kier alpha value is -1.11. The molecule has 5 nitrogen and oxygen atoms in total. The van der Waals surface area contributed by atoms with E-state index in [4.69, 9.17) is 4.74 Å². The lowest BCUT2D eigenvalue weighted by atomic mass is 10.0. The summed E-state index contributed by atoms with van der Waals surface area (Å²) in [7, 11) is 0. The lowest BCUT2D eigenvalue weighted by Gasteiger charge is -2.32. The van der Waals surface area contributed by atoms with Gasteiger partial charge in [-0.3, -0.25) is 9.69 Å². The van der Waals surface area contributed by atoms with Crippen LogP contribution < -0.4 is 15.4 Å². The number of piperidine rings is 1. The zero-order valence-corrected chi connectivity index (χ0v) is 15.6. The molecule has 2 N–H and O–H groups in total. The minimum absolute atomic E-state index is 0.0299. The van der Waals surface area contributed by atoms with Crippen LogP contribution in [0.1, 0.15) is 25.7 Å². The van der Waals surface area contributed by atoms with Gasteiger partial charge in [-0.1, -0.05) is 15.9 Å². The lowest BCUT2D eigenvalue weighted by molar-refractivity contribution is -0.123. The van der Waals surface area contributed by atoms with E-state index in [1.54, 1.807) is 0 Å². The van der Waals surface area contributed by atoms with E-state index in [0.29, 0.717) is 12.6 Å². The number of likely N-dealkylation sites (tertiary alicyclic amines) is 1. The Morgan fingerprint density at radius 1 is 1.25 bits per heavy atom. The Labute approximate surface area is 152 Å². The molecule has 2 aliphatic rings. The smallest absolute Gasteiger partial charge is 0.237 e. The van der Waals surface area contributed by atoms with E-state index in [1.165, 1.54) is 0 Å². The predicted octanol–water partition coefficient (Wildman–Crippen LogP) is 2.16. The van der Waals surface area contributed by atoms with Crippen LogP contribution in [-0.2, 0) is 4.79 Å². The first-order valence-electron chi connectivity index (χ1n) is 8.85. The average molecular weight is 396 g/mol. The van der Waals surface area contributed by atoms with Crippen LogP contribution in [0.3, 0.4) is 0 Å². The molecule has 1 unspecified atom stereocenters. The van der Waals surface area contributed by atoms with Crippen LogP contribution in [0.15, 0.2) is 28.7 Å². The first-order valence-corrected chi connectivity index (χ1v) is 9.64. The van der Waals surface area contributed by atoms with Crippen LogP contribution >= 0.6 is 15.9 Å². The molecule has 1 amide bonds. The van der Waals surface area contributed by atoms with Crippen LogP contribution in [0.25, 0.3) is 0 Å². The highest BCUT2D eigenvalue weighted by molar-refractivity contribution is 9.10. The van der Waals surface area contributed by atoms with Crippen molar-refractivity contribution < 1.29 is 9.53 Å². The summed E-state index contributed by atoms with van der Waals surface area (Å²) in [6.45, 7) is 4.64. The summed E-state index contributed by atoms with van der Waals surface area (Å²) in [5, 5.41) is 6.46. The van der Waals surface area contributed by atoms with Crippen LogP contribution in [0.2, 0.25) is 0 Å². The first-order chi connectivity index (χ1) is 11.7. The molecule has 2 aliphatic heterocycles. The Bertz CT molecular complexity index is 524. The molecule has 0 aliphatic carbocycles. The summed E-state index contributed by atoms with van der Waals surface area (Å²) in [5.74, 6) is 1.09. The quantitative estimate of drug-likeness (QED) is 0.774. The van der Waals surface area contributed by atoms with Gasteiger partial charge in [0, 0.05) is 30.1 Å². The topological polar surface area (TPSA) is 53.6 Å². The Morgan fingerprint density at radius 2 is 2.00 bits per heavy atom. The second-order valence-corrected chi connectivity index (χ2v) is 7.49. The molecule has 0 spiro atoms. The molecule has 2 fully saturated rings. The lowest BCUT2D eigenvalue weighted by Crippen LogP contribution is -2.49. The molecule has 2 heterocycles. The molecular formula is C18H26BrN3O2. The summed E-state index contributed by atoms with van der Waals surface area (Å²) < 4.78 is 6.84. The van der Waals surface area contributed by atoms with E-state index >= 15 is 0 Å². The van der Waals surface area contributed by atoms with E-state index in [9.17, 15) is 4.79 Å². The normalized spacial score (nSPS) is 22.5. The van der Waals surface area contributed by atoms with Gasteiger partial charge in [0.15, 0.2) is 0 Å². The summed E-state index contributed by atoms with van der Waals surface area (Å²) in [4.78, 5) is 14.5. The summed E-state index contributed by atoms with van der Waals surface area (Å²) in [6.07, 6.45) is 4.13. The zero-order valence-electron chi connectivity index (χ0n) is 14.0. The number of nitrogens with zero attached hydrogens (tertiary/aromatic N) is 1. The van der Waals surface area contributed by atoms with Gasteiger partial charge in [-0.25, -0.2) is 0 Å². The molecule has 24 heavy (non-hydrogen) atoms. The summed E-state index contributed by atoms with van der Waals surface area (Å²) in [6, 6.07) is 8.28. The number of amides is 1. The number of hydrogen-bond donors (Lipinski definition) is 2. The van der Waals surface area contributed by atoms with Crippen molar-refractivity contribution in [1.82, 2.24) is 15.5 Å². The number of carbonyl (C=O) groups excluding carboxylic acids is 1. The van der Waals surface area contributed by atoms with Crippen molar-refractivity contribution in [3.63, 3.8) is 0 Å². The molecule has 1 aromatic rings. The number of ether oxygens (including phenoxy) is 1. The number of halogens is 1. The van der Waals surface area contributed by atoms with Crippen molar-refractivity contribution in [3.05, 3.63) is 28.7 Å². The SMILES string of the molecule is O=C(NC1CCN(CCOc2ccc(Br)cc2)CC1)C1CCCN1. The van der Waals surface area contributed by atoms with E-state index in [-0.39, 0.29) is 11.9 Å². The Kier molecular flexibility index (Phi) is 6.51. The first kappa shape index (κ1) is 17.7. The molecular weight excluding hydrogens is 370 g/mol. The van der Waals surface area contributed by atoms with Gasteiger partial charge in [0.1, 0.15) is 12.4 Å². The predicted molar refractivity (Wildman–Crippen MR) is 98.3 cm³/mol. The largest absolute Gasteiger partial charge is 0.492 e. The standard InChI is InChI=1S/C18H26BrN3O2/c19-14-3-5-16(6-4-14)24-13-12-22-10-7-15(8-11-22)21-18(23)17-2-1-9-20-17/h3-6,15,17,20H,1-2,7-13H2,(H,21,23). The number of nitrogens with one attached hydrogen (secondary N) is 2. The molecule has 0 aromatic heterocycles. The van der Waals surface area contributed by atoms with Gasteiger partial charge in [0.2, 0.25) is 5.91 Å². The molecule has 2 saturated heterocycles. The van der Waals surface area contributed by atoms with Gasteiger partial charge in [-0.15, -0.1) is 0 Å². The summed E-state index contributed by atoms with van der Waals surface area (Å²) in [5.41, 5.74) is 0. The molecule has 0 bridgehead atoms. The molecule has 132 valence electrons. The maximum absolute atomic E-state index is 12.1. The van der Waals surface area contributed by atoms with E-state index in [1.807, 2.05) is 24.3 Å². The maximum atomic E-state index is 12.1. The fourth-order valence-corrected chi connectivity index (χ4v) is 3.60. The number of benzene rings is 1. The van der Waals surface area contributed by atoms with Crippen LogP contribution in [-0.4, -0.2) is 55.7 Å². The molecule has 1 aromatic carbocycles. The van der Waals surface area contributed by atoms with Crippen molar-refractivity contribution in [3.8, 4) is 5.75 Å². The minimum Gasteiger partial charge on any atom is -0.492 e. The second-order valence-electron chi connectivity index (χ2n) is 6.58. The van der Waals surface area contributed by atoms with E-state index in [2.05, 4.69) is 31.5 Å². The van der Waals surface area contributed by atoms with Gasteiger partial charge in [0.25, 0.3) is 0 Å². The van der Waals surface area contributed by atoms with Crippen LogP contribution in [0.5, 0.6) is 5.75 Å². The molecule has 6 heteroatoms. The molecule has 1 atom stereocenters. The number of carbonyl (C=O) groups is 1. The minimum atomic E-state index is 0.0299. The van der Waals surface area contributed by atoms with Crippen molar-refractivity contribution in [2.24, 2.45) is 0 Å². The third kappa shape index (κ3) is 5.19. The van der Waals surface area contributed by atoms with Gasteiger partial charge in [0.05, 0.1) is 6.04 Å². The van der Waals surface area contributed by atoms with Crippen molar-refractivity contribution >= 4 is 21.8 Å². The van der Waals surface area contributed by atoms with Gasteiger partial charge >= 0.3 is 0 Å². The third-order valence-corrected chi connectivity index (χ3v) is 5.33. The van der Waals surface area contributed by atoms with Gasteiger partial charge in [-0.2, -0.15) is 0 Å². The van der Waals surface area contributed by atoms with Gasteiger partial charge in [-0.05, 0) is 56.5 Å².